The molecule has 0 aliphatic heterocycles. The highest BCUT2D eigenvalue weighted by Crippen LogP contribution is 2.35. The monoisotopic (exact) mass is 247 g/mol. The van der Waals surface area contributed by atoms with Gasteiger partial charge in [-0.25, -0.2) is 8.42 Å². The average Bonchev–Trinajstić information content (AvgIpc) is 2.93. The first kappa shape index (κ1) is 11.9. The van der Waals surface area contributed by atoms with Crippen molar-refractivity contribution in [3.63, 3.8) is 0 Å². The predicted octanol–water partition coefficient (Wildman–Crippen LogP) is 0.808. The van der Waals surface area contributed by atoms with Crippen molar-refractivity contribution < 1.29 is 18.3 Å². The molecule has 2 aliphatic carbocycles. The summed E-state index contributed by atoms with van der Waals surface area (Å²) in [5.74, 6) is -1.06. The van der Waals surface area contributed by atoms with Crippen LogP contribution in [0.2, 0.25) is 0 Å². The number of nitrogens with zero attached hydrogens (tertiary/aromatic N) is 1. The van der Waals surface area contributed by atoms with Gasteiger partial charge in [-0.05, 0) is 25.7 Å². The molecule has 2 aliphatic rings. The Kier molecular flexibility index (Phi) is 3.21. The third kappa shape index (κ3) is 2.38. The molecule has 0 radical (unpaired) electrons. The lowest BCUT2D eigenvalue weighted by Crippen LogP contribution is -2.43. The Morgan fingerprint density at radius 3 is 2.19 bits per heavy atom. The van der Waals surface area contributed by atoms with Crippen molar-refractivity contribution in [3.8, 4) is 0 Å². The molecule has 0 aromatic carbocycles. The zero-order chi connectivity index (χ0) is 11.8. The Balaban J connectivity index is 2.15. The van der Waals surface area contributed by atoms with E-state index in [4.69, 9.17) is 5.11 Å². The van der Waals surface area contributed by atoms with E-state index < -0.39 is 16.0 Å². The standard InChI is InChI=1S/C10H17NO4S/c12-10(13)7-11(8-3-1-2-4-8)16(14,15)9-5-6-9/h8-9H,1-7H2,(H,12,13). The van der Waals surface area contributed by atoms with Crippen LogP contribution in [-0.2, 0) is 14.8 Å². The van der Waals surface area contributed by atoms with Crippen molar-refractivity contribution >= 4 is 16.0 Å². The molecule has 0 unspecified atom stereocenters. The molecule has 0 atom stereocenters. The molecular weight excluding hydrogens is 230 g/mol. The summed E-state index contributed by atoms with van der Waals surface area (Å²) >= 11 is 0. The van der Waals surface area contributed by atoms with Crippen molar-refractivity contribution in [1.82, 2.24) is 4.31 Å². The number of hydrogen-bond acceptors (Lipinski definition) is 3. The van der Waals surface area contributed by atoms with Crippen LogP contribution in [-0.4, -0.2) is 41.6 Å². The molecule has 0 aromatic heterocycles. The summed E-state index contributed by atoms with van der Waals surface area (Å²) in [7, 11) is -3.35. The quantitative estimate of drug-likeness (QED) is 0.780. The minimum absolute atomic E-state index is 0.0818. The molecule has 92 valence electrons. The second-order valence-electron chi connectivity index (χ2n) is 4.62. The van der Waals surface area contributed by atoms with E-state index in [1.54, 1.807) is 0 Å². The van der Waals surface area contributed by atoms with E-state index >= 15 is 0 Å². The second kappa shape index (κ2) is 4.33. The molecule has 0 aromatic rings. The molecular formula is C10H17NO4S. The van der Waals surface area contributed by atoms with Crippen LogP contribution < -0.4 is 0 Å². The zero-order valence-corrected chi connectivity index (χ0v) is 9.95. The van der Waals surface area contributed by atoms with Gasteiger partial charge >= 0.3 is 5.97 Å². The third-order valence-corrected chi connectivity index (χ3v) is 5.69. The summed E-state index contributed by atoms with van der Waals surface area (Å²) in [5, 5.41) is 8.49. The lowest BCUT2D eigenvalue weighted by Gasteiger charge is -2.26. The molecule has 0 saturated heterocycles. The fraction of sp³-hybridized carbons (Fsp3) is 0.900. The predicted molar refractivity (Wildman–Crippen MR) is 58.5 cm³/mol. The Morgan fingerprint density at radius 2 is 1.75 bits per heavy atom. The van der Waals surface area contributed by atoms with Crippen molar-refractivity contribution in [3.05, 3.63) is 0 Å². The number of carboxylic acids is 1. The Morgan fingerprint density at radius 1 is 1.19 bits per heavy atom. The SMILES string of the molecule is O=C(O)CN(C1CCCC1)S(=O)(=O)C1CC1. The van der Waals surface area contributed by atoms with Crippen LogP contribution in [0.15, 0.2) is 0 Å². The summed E-state index contributed by atoms with van der Waals surface area (Å²) in [6.45, 7) is -0.372. The maximum absolute atomic E-state index is 12.1. The fourth-order valence-electron chi connectivity index (χ4n) is 2.31. The highest BCUT2D eigenvalue weighted by molar-refractivity contribution is 7.90. The average molecular weight is 247 g/mol. The molecule has 2 rings (SSSR count). The van der Waals surface area contributed by atoms with Gasteiger partial charge in [0.05, 0.1) is 5.25 Å². The highest BCUT2D eigenvalue weighted by atomic mass is 32.2. The maximum Gasteiger partial charge on any atom is 0.318 e. The van der Waals surface area contributed by atoms with Gasteiger partial charge in [0.25, 0.3) is 0 Å². The van der Waals surface area contributed by atoms with Crippen molar-refractivity contribution in [2.45, 2.75) is 49.8 Å². The minimum atomic E-state index is -3.35. The molecule has 5 nitrogen and oxygen atoms in total. The van der Waals surface area contributed by atoms with Crippen LogP contribution in [0.3, 0.4) is 0 Å². The zero-order valence-electron chi connectivity index (χ0n) is 9.13. The van der Waals surface area contributed by atoms with E-state index in [1.165, 1.54) is 4.31 Å². The van der Waals surface area contributed by atoms with Crippen LogP contribution in [0.5, 0.6) is 0 Å². The van der Waals surface area contributed by atoms with Gasteiger partial charge in [-0.2, -0.15) is 4.31 Å². The number of aliphatic carboxylic acids is 1. The molecule has 0 heterocycles. The summed E-state index contributed by atoms with van der Waals surface area (Å²) in [5.41, 5.74) is 0. The minimum Gasteiger partial charge on any atom is -0.480 e. The van der Waals surface area contributed by atoms with Gasteiger partial charge < -0.3 is 5.11 Å². The molecule has 2 saturated carbocycles. The lowest BCUT2D eigenvalue weighted by atomic mass is 10.2. The maximum atomic E-state index is 12.1. The highest BCUT2D eigenvalue weighted by Gasteiger charge is 2.43. The van der Waals surface area contributed by atoms with Crippen molar-refractivity contribution in [2.75, 3.05) is 6.54 Å². The molecule has 0 bridgehead atoms. The van der Waals surface area contributed by atoms with E-state index in [-0.39, 0.29) is 17.8 Å². The molecule has 2 fully saturated rings. The normalized spacial score (nSPS) is 22.8. The van der Waals surface area contributed by atoms with Crippen LogP contribution in [0.4, 0.5) is 0 Å². The molecule has 1 N–H and O–H groups in total. The first-order chi connectivity index (χ1) is 7.51. The largest absolute Gasteiger partial charge is 0.480 e. The third-order valence-electron chi connectivity index (χ3n) is 3.30. The summed E-state index contributed by atoms with van der Waals surface area (Å²) < 4.78 is 25.4. The number of sulfonamides is 1. The van der Waals surface area contributed by atoms with E-state index in [9.17, 15) is 13.2 Å². The Hall–Kier alpha value is -0.620. The molecule has 0 amide bonds. The first-order valence-electron chi connectivity index (χ1n) is 5.74. The van der Waals surface area contributed by atoms with Crippen LogP contribution in [0, 0.1) is 0 Å². The molecule has 6 heteroatoms. The fourth-order valence-corrected chi connectivity index (χ4v) is 4.34. The van der Waals surface area contributed by atoms with Crippen LogP contribution >= 0.6 is 0 Å². The topological polar surface area (TPSA) is 74.7 Å². The van der Waals surface area contributed by atoms with Gasteiger partial charge in [-0.15, -0.1) is 0 Å². The van der Waals surface area contributed by atoms with E-state index in [0.29, 0.717) is 12.8 Å². The number of rotatable bonds is 5. The van der Waals surface area contributed by atoms with E-state index in [0.717, 1.165) is 25.7 Å². The number of carboxylic acid groups (broad SMARTS) is 1. The van der Waals surface area contributed by atoms with Crippen molar-refractivity contribution in [1.29, 1.82) is 0 Å². The Labute approximate surface area is 95.5 Å². The first-order valence-corrected chi connectivity index (χ1v) is 7.24. The van der Waals surface area contributed by atoms with Gasteiger partial charge in [0.1, 0.15) is 6.54 Å². The van der Waals surface area contributed by atoms with Crippen LogP contribution in [0.25, 0.3) is 0 Å². The summed E-state index contributed by atoms with van der Waals surface area (Å²) in [6.07, 6.45) is 4.98. The smallest absolute Gasteiger partial charge is 0.318 e. The van der Waals surface area contributed by atoms with Crippen molar-refractivity contribution in [2.24, 2.45) is 0 Å². The number of carbonyl (C=O) groups is 1. The summed E-state index contributed by atoms with van der Waals surface area (Å²) in [4.78, 5) is 10.7. The van der Waals surface area contributed by atoms with Gasteiger partial charge in [-0.3, -0.25) is 4.79 Å². The van der Waals surface area contributed by atoms with Gasteiger partial charge in [0.15, 0.2) is 0 Å². The van der Waals surface area contributed by atoms with E-state index in [2.05, 4.69) is 0 Å². The van der Waals surface area contributed by atoms with Gasteiger partial charge in [0, 0.05) is 6.04 Å². The van der Waals surface area contributed by atoms with Crippen LogP contribution in [0.1, 0.15) is 38.5 Å². The molecule has 0 spiro atoms. The number of hydrogen-bond donors (Lipinski definition) is 1. The lowest BCUT2D eigenvalue weighted by molar-refractivity contribution is -0.137. The molecule has 16 heavy (non-hydrogen) atoms. The van der Waals surface area contributed by atoms with E-state index in [1.807, 2.05) is 0 Å². The second-order valence-corrected chi connectivity index (χ2v) is 6.79. The van der Waals surface area contributed by atoms with Gasteiger partial charge in [-0.1, -0.05) is 12.8 Å². The Bertz CT molecular complexity index is 368. The van der Waals surface area contributed by atoms with Gasteiger partial charge in [0.2, 0.25) is 10.0 Å². The summed E-state index contributed by atoms with van der Waals surface area (Å²) in [6, 6.07) is -0.0818.